The predicted molar refractivity (Wildman–Crippen MR) is 116 cm³/mol. The summed E-state index contributed by atoms with van der Waals surface area (Å²) in [7, 11) is 0. The average molecular weight is 396 g/mol. The van der Waals surface area contributed by atoms with Crippen molar-refractivity contribution in [2.45, 2.75) is 24.9 Å². The predicted octanol–water partition coefficient (Wildman–Crippen LogP) is 2.94. The standard InChI is InChI=1S/C25H24N4O/c30-25(18-29-14-8-20(25)9-15-29)10-6-23-22(16-19-4-2-1-3-5-19)21(7-11-27-23)24-17-26-12-13-28-24/h1-5,7,11-13,17,20,30H,8-9,14-16,18H2. The molecule has 1 unspecified atom stereocenters. The number of hydrogen-bond donors (Lipinski definition) is 1. The fourth-order valence-electron chi connectivity index (χ4n) is 4.60. The minimum atomic E-state index is -0.954. The molecule has 5 heteroatoms. The van der Waals surface area contributed by atoms with Crippen LogP contribution in [0.2, 0.25) is 0 Å². The molecule has 2 bridgehead atoms. The minimum Gasteiger partial charge on any atom is -0.376 e. The maximum Gasteiger partial charge on any atom is 0.141 e. The number of aliphatic hydroxyl groups is 1. The van der Waals surface area contributed by atoms with E-state index in [1.807, 2.05) is 24.3 Å². The highest BCUT2D eigenvalue weighted by Crippen LogP contribution is 2.35. The molecule has 3 fully saturated rings. The number of fused-ring (bicyclic) bond motifs is 3. The summed E-state index contributed by atoms with van der Waals surface area (Å²) in [5.74, 6) is 6.71. The van der Waals surface area contributed by atoms with Gasteiger partial charge >= 0.3 is 0 Å². The van der Waals surface area contributed by atoms with E-state index >= 15 is 0 Å². The third-order valence-electron chi connectivity index (χ3n) is 6.24. The maximum absolute atomic E-state index is 11.2. The molecule has 0 radical (unpaired) electrons. The Morgan fingerprint density at radius 2 is 1.87 bits per heavy atom. The summed E-state index contributed by atoms with van der Waals surface area (Å²) < 4.78 is 0. The number of nitrogens with zero attached hydrogens (tertiary/aromatic N) is 4. The van der Waals surface area contributed by atoms with Crippen LogP contribution in [0.4, 0.5) is 0 Å². The van der Waals surface area contributed by atoms with Crippen LogP contribution >= 0.6 is 0 Å². The molecule has 3 aromatic rings. The van der Waals surface area contributed by atoms with E-state index in [-0.39, 0.29) is 5.92 Å². The summed E-state index contributed by atoms with van der Waals surface area (Å²) in [4.78, 5) is 15.6. The highest BCUT2D eigenvalue weighted by molar-refractivity contribution is 5.66. The lowest BCUT2D eigenvalue weighted by Gasteiger charge is -2.47. The van der Waals surface area contributed by atoms with Crippen molar-refractivity contribution in [3.05, 3.63) is 78.0 Å². The minimum absolute atomic E-state index is 0.246. The molecular formula is C25H24N4O. The van der Waals surface area contributed by atoms with Crippen LogP contribution in [0.1, 0.15) is 29.7 Å². The van der Waals surface area contributed by atoms with Gasteiger partial charge in [-0.15, -0.1) is 0 Å². The van der Waals surface area contributed by atoms with E-state index in [0.29, 0.717) is 18.7 Å². The van der Waals surface area contributed by atoms with E-state index in [0.717, 1.165) is 42.8 Å². The topological polar surface area (TPSA) is 62.1 Å². The van der Waals surface area contributed by atoms with Gasteiger partial charge in [0.2, 0.25) is 0 Å². The zero-order chi connectivity index (χ0) is 20.4. The van der Waals surface area contributed by atoms with Crippen LogP contribution in [0.15, 0.2) is 61.2 Å². The monoisotopic (exact) mass is 396 g/mol. The van der Waals surface area contributed by atoms with E-state index < -0.39 is 5.60 Å². The zero-order valence-electron chi connectivity index (χ0n) is 16.8. The van der Waals surface area contributed by atoms with Gasteiger partial charge in [0.05, 0.1) is 11.9 Å². The number of rotatable bonds is 3. The highest BCUT2D eigenvalue weighted by atomic mass is 16.3. The molecule has 2 aromatic heterocycles. The number of aromatic nitrogens is 3. The highest BCUT2D eigenvalue weighted by Gasteiger charge is 2.44. The van der Waals surface area contributed by atoms with Crippen LogP contribution in [-0.4, -0.2) is 50.2 Å². The van der Waals surface area contributed by atoms with Crippen molar-refractivity contribution in [1.29, 1.82) is 0 Å². The van der Waals surface area contributed by atoms with E-state index in [1.165, 1.54) is 5.56 Å². The van der Waals surface area contributed by atoms with E-state index in [1.54, 1.807) is 24.8 Å². The Bertz CT molecular complexity index is 1080. The van der Waals surface area contributed by atoms with Crippen molar-refractivity contribution in [1.82, 2.24) is 19.9 Å². The van der Waals surface area contributed by atoms with Crippen LogP contribution in [0, 0.1) is 17.8 Å². The molecule has 3 aliphatic heterocycles. The van der Waals surface area contributed by atoms with Gasteiger partial charge in [0.25, 0.3) is 0 Å². The van der Waals surface area contributed by atoms with E-state index in [4.69, 9.17) is 0 Å². The number of piperidine rings is 3. The lowest BCUT2D eigenvalue weighted by molar-refractivity contribution is -0.0713. The van der Waals surface area contributed by atoms with Gasteiger partial charge in [-0.1, -0.05) is 36.3 Å². The molecule has 5 heterocycles. The molecule has 150 valence electrons. The first kappa shape index (κ1) is 18.9. The fourth-order valence-corrected chi connectivity index (χ4v) is 4.60. The quantitative estimate of drug-likeness (QED) is 0.690. The fraction of sp³-hybridized carbons (Fsp3) is 0.320. The molecule has 1 atom stereocenters. The third-order valence-corrected chi connectivity index (χ3v) is 6.24. The molecule has 5 nitrogen and oxygen atoms in total. The summed E-state index contributed by atoms with van der Waals surface area (Å²) in [6.45, 7) is 2.76. The van der Waals surface area contributed by atoms with Crippen molar-refractivity contribution < 1.29 is 5.11 Å². The Balaban J connectivity index is 1.57. The average Bonchev–Trinajstić information content (AvgIpc) is 2.80. The van der Waals surface area contributed by atoms with Crippen LogP contribution in [0.3, 0.4) is 0 Å². The first-order valence-electron chi connectivity index (χ1n) is 10.5. The van der Waals surface area contributed by atoms with Crippen LogP contribution in [0.25, 0.3) is 11.3 Å². The van der Waals surface area contributed by atoms with Crippen molar-refractivity contribution in [3.63, 3.8) is 0 Å². The Morgan fingerprint density at radius 1 is 1.03 bits per heavy atom. The Morgan fingerprint density at radius 3 is 2.57 bits per heavy atom. The lowest BCUT2D eigenvalue weighted by atomic mass is 9.76. The van der Waals surface area contributed by atoms with Gasteiger partial charge < -0.3 is 5.11 Å². The summed E-state index contributed by atoms with van der Waals surface area (Å²) in [5.41, 5.74) is 3.72. The van der Waals surface area contributed by atoms with Gasteiger partial charge in [0.1, 0.15) is 11.3 Å². The molecule has 1 N–H and O–H groups in total. The second-order valence-electron chi connectivity index (χ2n) is 8.16. The summed E-state index contributed by atoms with van der Waals surface area (Å²) in [6, 6.07) is 12.3. The van der Waals surface area contributed by atoms with Gasteiger partial charge in [-0.05, 0) is 43.5 Å². The zero-order valence-corrected chi connectivity index (χ0v) is 16.8. The van der Waals surface area contributed by atoms with Gasteiger partial charge in [0.15, 0.2) is 0 Å². The van der Waals surface area contributed by atoms with Crippen molar-refractivity contribution in [3.8, 4) is 23.1 Å². The van der Waals surface area contributed by atoms with Crippen LogP contribution in [-0.2, 0) is 6.42 Å². The second-order valence-corrected chi connectivity index (χ2v) is 8.16. The molecule has 0 aliphatic carbocycles. The largest absolute Gasteiger partial charge is 0.376 e. The second kappa shape index (κ2) is 7.98. The summed E-state index contributed by atoms with van der Waals surface area (Å²) in [5, 5.41) is 11.2. The molecule has 0 saturated carbocycles. The smallest absolute Gasteiger partial charge is 0.141 e. The van der Waals surface area contributed by atoms with Gasteiger partial charge in [-0.3, -0.25) is 14.9 Å². The Labute approximate surface area is 176 Å². The van der Waals surface area contributed by atoms with Gasteiger partial charge in [-0.2, -0.15) is 0 Å². The van der Waals surface area contributed by atoms with Crippen molar-refractivity contribution in [2.75, 3.05) is 19.6 Å². The Kier molecular flexibility index (Phi) is 5.04. The molecule has 0 spiro atoms. The molecule has 30 heavy (non-hydrogen) atoms. The van der Waals surface area contributed by atoms with Crippen LogP contribution in [0.5, 0.6) is 0 Å². The van der Waals surface area contributed by atoms with Gasteiger partial charge in [0, 0.05) is 48.6 Å². The van der Waals surface area contributed by atoms with E-state index in [9.17, 15) is 5.11 Å². The first-order valence-corrected chi connectivity index (χ1v) is 10.5. The molecule has 3 aliphatic rings. The maximum atomic E-state index is 11.2. The third kappa shape index (κ3) is 3.72. The van der Waals surface area contributed by atoms with E-state index in [2.05, 4.69) is 43.8 Å². The molecule has 0 amide bonds. The summed E-state index contributed by atoms with van der Waals surface area (Å²) >= 11 is 0. The number of benzene rings is 1. The first-order chi connectivity index (χ1) is 14.7. The lowest BCUT2D eigenvalue weighted by Crippen LogP contribution is -2.58. The van der Waals surface area contributed by atoms with Crippen molar-refractivity contribution >= 4 is 0 Å². The summed E-state index contributed by atoms with van der Waals surface area (Å²) in [6.07, 6.45) is 9.61. The SMILES string of the molecule is OC1(C#Cc2nccc(-c3cnccn3)c2Cc2ccccc2)CN2CCC1CC2. The number of pyridine rings is 1. The van der Waals surface area contributed by atoms with Gasteiger partial charge in [-0.25, -0.2) is 4.98 Å². The Hall–Kier alpha value is -3.07. The number of hydrogen-bond acceptors (Lipinski definition) is 5. The molecule has 3 saturated heterocycles. The van der Waals surface area contributed by atoms with Crippen LogP contribution < -0.4 is 0 Å². The van der Waals surface area contributed by atoms with Crippen molar-refractivity contribution in [2.24, 2.45) is 5.92 Å². The molecular weight excluding hydrogens is 372 g/mol. The normalized spacial score (nSPS) is 24.8. The molecule has 1 aromatic carbocycles. The molecule has 6 rings (SSSR count).